The molecule has 15 heteroatoms. The van der Waals surface area contributed by atoms with Gasteiger partial charge < -0.3 is 24.7 Å². The van der Waals surface area contributed by atoms with Crippen LogP contribution in [0, 0.1) is 25.7 Å². The molecule has 4 aromatic rings. The van der Waals surface area contributed by atoms with Gasteiger partial charge in [0.25, 0.3) is 5.91 Å². The van der Waals surface area contributed by atoms with Gasteiger partial charge in [-0.3, -0.25) is 30.0 Å². The Morgan fingerprint density at radius 3 is 2.81 bits per heavy atom. The van der Waals surface area contributed by atoms with Crippen molar-refractivity contribution in [3.8, 4) is 17.6 Å². The summed E-state index contributed by atoms with van der Waals surface area (Å²) in [6, 6.07) is 4.16. The fourth-order valence-electron chi connectivity index (χ4n) is 5.97. The van der Waals surface area contributed by atoms with Gasteiger partial charge in [0.15, 0.2) is 0 Å². The molecule has 5 heterocycles. The zero-order valence-electron chi connectivity index (χ0n) is 26.3. The van der Waals surface area contributed by atoms with Gasteiger partial charge in [-0.25, -0.2) is 9.78 Å². The number of amides is 4. The van der Waals surface area contributed by atoms with Crippen LogP contribution in [0.25, 0.3) is 11.0 Å². The molecular formula is C33H31ClN8O6. The largest absolute Gasteiger partial charge is 0.496 e. The number of pyridine rings is 1. The summed E-state index contributed by atoms with van der Waals surface area (Å²) in [5.41, 5.74) is 10.9. The van der Waals surface area contributed by atoms with Crippen LogP contribution < -0.4 is 21.1 Å². The van der Waals surface area contributed by atoms with Gasteiger partial charge in [-0.2, -0.15) is 4.98 Å². The standard InChI is InChI=1S/C33H31ClN8O6/c1-17-13-36-23(18(2)27(17)47-3)16-41-14-19(26-28(34)39-32(35)40-29(26)41)7-4-5-12-48-33(46)37-22-9-6-8-20-21(22)15-42(31(20)45)24-10-11-25(43)38-30(24)44/h6,8-9,13-14,24H,5,10-12,15-16H2,1-3H3,(H,37,46)(H2,35,39,40)(H,38,43,44). The van der Waals surface area contributed by atoms with Crippen LogP contribution in [0.4, 0.5) is 16.4 Å². The second kappa shape index (κ2) is 13.2. The van der Waals surface area contributed by atoms with Crippen LogP contribution >= 0.6 is 11.6 Å². The number of hydrogen-bond acceptors (Lipinski definition) is 10. The second-order valence-electron chi connectivity index (χ2n) is 11.3. The highest BCUT2D eigenvalue weighted by molar-refractivity contribution is 6.34. The van der Waals surface area contributed by atoms with Gasteiger partial charge in [0, 0.05) is 59.7 Å². The lowest BCUT2D eigenvalue weighted by atomic mass is 10.0. The lowest BCUT2D eigenvalue weighted by molar-refractivity contribution is -0.136. The predicted molar refractivity (Wildman–Crippen MR) is 175 cm³/mol. The van der Waals surface area contributed by atoms with Crippen molar-refractivity contribution < 1.29 is 28.7 Å². The number of carbonyl (C=O) groups excluding carboxylic acids is 4. The second-order valence-corrected chi connectivity index (χ2v) is 11.7. The third-order valence-electron chi connectivity index (χ3n) is 8.26. The third-order valence-corrected chi connectivity index (χ3v) is 8.53. The van der Waals surface area contributed by atoms with Crippen molar-refractivity contribution in [2.45, 2.75) is 52.2 Å². The molecule has 4 N–H and O–H groups in total. The number of fused-ring (bicyclic) bond motifs is 2. The van der Waals surface area contributed by atoms with E-state index in [0.717, 1.165) is 22.6 Å². The Morgan fingerprint density at radius 1 is 1.23 bits per heavy atom. The minimum Gasteiger partial charge on any atom is -0.496 e. The molecule has 0 bridgehead atoms. The normalized spacial score (nSPS) is 15.5. The van der Waals surface area contributed by atoms with Crippen molar-refractivity contribution in [3.05, 3.63) is 69.3 Å². The van der Waals surface area contributed by atoms with Crippen LogP contribution in [0.1, 0.15) is 57.6 Å². The number of aromatic nitrogens is 4. The number of piperidine rings is 1. The lowest BCUT2D eigenvalue weighted by Gasteiger charge is -2.29. The summed E-state index contributed by atoms with van der Waals surface area (Å²) in [5.74, 6) is 5.64. The van der Waals surface area contributed by atoms with Gasteiger partial charge in [-0.15, -0.1) is 0 Å². The van der Waals surface area contributed by atoms with Crippen LogP contribution in [-0.2, 0) is 27.4 Å². The number of methoxy groups -OCH3 is 1. The number of anilines is 2. The molecular weight excluding hydrogens is 640 g/mol. The summed E-state index contributed by atoms with van der Waals surface area (Å²) in [6.45, 7) is 4.32. The number of halogens is 1. The summed E-state index contributed by atoms with van der Waals surface area (Å²) in [4.78, 5) is 64.2. The van der Waals surface area contributed by atoms with Crippen molar-refractivity contribution in [3.63, 3.8) is 0 Å². The summed E-state index contributed by atoms with van der Waals surface area (Å²) in [5, 5.41) is 5.66. The summed E-state index contributed by atoms with van der Waals surface area (Å²) >= 11 is 6.47. The number of nitrogens with two attached hydrogens (primary N) is 1. The van der Waals surface area contributed by atoms with Crippen molar-refractivity contribution in [2.24, 2.45) is 0 Å². The number of imide groups is 1. The van der Waals surface area contributed by atoms with E-state index < -0.39 is 18.0 Å². The smallest absolute Gasteiger partial charge is 0.411 e. The number of nitrogens with zero attached hydrogens (tertiary/aromatic N) is 5. The van der Waals surface area contributed by atoms with Crippen LogP contribution in [-0.4, -0.2) is 68.0 Å². The molecule has 1 fully saturated rings. The topological polar surface area (TPSA) is 184 Å². The molecule has 1 unspecified atom stereocenters. The molecule has 3 aromatic heterocycles. The van der Waals surface area contributed by atoms with E-state index in [0.29, 0.717) is 40.0 Å². The molecule has 1 atom stereocenters. The number of hydrogen-bond donors (Lipinski definition) is 3. The van der Waals surface area contributed by atoms with Gasteiger partial charge >= 0.3 is 6.09 Å². The van der Waals surface area contributed by atoms with Crippen LogP contribution in [0.3, 0.4) is 0 Å². The minimum absolute atomic E-state index is 0.0166. The Labute approximate surface area is 280 Å². The highest BCUT2D eigenvalue weighted by Gasteiger charge is 2.40. The molecule has 6 rings (SSSR count). The SMILES string of the molecule is COc1c(C)cnc(Cn2cc(C#CCCOC(=O)Nc3cccc4c3CN(C3CCC(=O)NC3=O)C4=O)c3c(Cl)nc(N)nc32)c1C. The summed E-state index contributed by atoms with van der Waals surface area (Å²) < 4.78 is 12.8. The van der Waals surface area contributed by atoms with E-state index in [-0.39, 0.29) is 55.3 Å². The van der Waals surface area contributed by atoms with Crippen LogP contribution in [0.15, 0.2) is 30.6 Å². The summed E-state index contributed by atoms with van der Waals surface area (Å²) in [7, 11) is 1.62. The molecule has 1 saturated heterocycles. The van der Waals surface area contributed by atoms with E-state index in [1.54, 1.807) is 37.7 Å². The monoisotopic (exact) mass is 670 g/mol. The fourth-order valence-corrected chi connectivity index (χ4v) is 6.24. The Balaban J connectivity index is 1.11. The van der Waals surface area contributed by atoms with Gasteiger partial charge in [-0.05, 0) is 32.4 Å². The van der Waals surface area contributed by atoms with Crippen molar-refractivity contribution in [2.75, 3.05) is 24.8 Å². The molecule has 14 nitrogen and oxygen atoms in total. The lowest BCUT2D eigenvalue weighted by Crippen LogP contribution is -2.52. The van der Waals surface area contributed by atoms with E-state index in [1.807, 2.05) is 18.4 Å². The molecule has 1 aromatic carbocycles. The number of carbonyl (C=O) groups is 4. The molecule has 48 heavy (non-hydrogen) atoms. The number of aryl methyl sites for hydroxylation is 1. The first kappa shape index (κ1) is 32.3. The number of benzene rings is 1. The van der Waals surface area contributed by atoms with Crippen molar-refractivity contribution in [1.82, 2.24) is 29.7 Å². The predicted octanol–water partition coefficient (Wildman–Crippen LogP) is 3.49. The molecule has 4 amide bonds. The highest BCUT2D eigenvalue weighted by Crippen LogP contribution is 2.33. The molecule has 246 valence electrons. The zero-order chi connectivity index (χ0) is 34.1. The van der Waals surface area contributed by atoms with E-state index in [9.17, 15) is 19.2 Å². The molecule has 2 aliphatic rings. The Hall–Kier alpha value is -5.68. The molecule has 0 saturated carbocycles. The number of rotatable bonds is 7. The molecule has 0 radical (unpaired) electrons. The van der Waals surface area contributed by atoms with Gasteiger partial charge in [0.2, 0.25) is 17.8 Å². The first-order chi connectivity index (χ1) is 23.0. The molecule has 2 aliphatic heterocycles. The quantitative estimate of drug-likeness (QED) is 0.114. The van der Waals surface area contributed by atoms with E-state index >= 15 is 0 Å². The average Bonchev–Trinajstić information content (AvgIpc) is 3.56. The highest BCUT2D eigenvalue weighted by atomic mass is 35.5. The zero-order valence-corrected chi connectivity index (χ0v) is 27.1. The Morgan fingerprint density at radius 2 is 2.04 bits per heavy atom. The maximum Gasteiger partial charge on any atom is 0.411 e. The maximum absolute atomic E-state index is 13.1. The van der Waals surface area contributed by atoms with Crippen molar-refractivity contribution in [1.29, 1.82) is 0 Å². The first-order valence-corrected chi connectivity index (χ1v) is 15.4. The van der Waals surface area contributed by atoms with Crippen LogP contribution in [0.2, 0.25) is 5.15 Å². The average molecular weight is 671 g/mol. The first-order valence-electron chi connectivity index (χ1n) is 15.1. The number of nitrogen functional groups attached to an aromatic ring is 1. The van der Waals surface area contributed by atoms with Gasteiger partial charge in [0.1, 0.15) is 29.2 Å². The van der Waals surface area contributed by atoms with Gasteiger partial charge in [0.05, 0.1) is 30.3 Å². The maximum atomic E-state index is 13.1. The van der Waals surface area contributed by atoms with Crippen molar-refractivity contribution >= 4 is 58.1 Å². The fraction of sp³-hybridized carbons (Fsp3) is 0.303. The number of nitrogens with one attached hydrogen (secondary N) is 2. The molecule has 0 spiro atoms. The van der Waals surface area contributed by atoms with Gasteiger partial charge in [-0.1, -0.05) is 29.5 Å². The molecule has 0 aliphatic carbocycles. The van der Waals surface area contributed by atoms with E-state index in [2.05, 4.69) is 37.4 Å². The Kier molecular flexibility index (Phi) is 8.88. The van der Waals surface area contributed by atoms with Crippen LogP contribution in [0.5, 0.6) is 5.75 Å². The number of ether oxygens (including phenoxy) is 2. The third kappa shape index (κ3) is 6.19. The Bertz CT molecular complexity index is 2070. The van der Waals surface area contributed by atoms with E-state index in [1.165, 1.54) is 4.90 Å². The minimum atomic E-state index is -0.763. The summed E-state index contributed by atoms with van der Waals surface area (Å²) in [6.07, 6.45) is 3.42. The van der Waals surface area contributed by atoms with E-state index in [4.69, 9.17) is 26.8 Å².